The van der Waals surface area contributed by atoms with E-state index in [1.54, 1.807) is 84.9 Å². The van der Waals surface area contributed by atoms with Crippen LogP contribution in [-0.2, 0) is 24.6 Å². The second-order valence-corrected chi connectivity index (χ2v) is 13.9. The minimum absolute atomic E-state index is 0.0801. The van der Waals surface area contributed by atoms with Crippen LogP contribution in [0.15, 0.2) is 109 Å². The van der Waals surface area contributed by atoms with E-state index < -0.39 is 64.3 Å². The van der Waals surface area contributed by atoms with E-state index in [2.05, 4.69) is 0 Å². The molecule has 0 spiro atoms. The van der Waals surface area contributed by atoms with Gasteiger partial charge in [-0.15, -0.1) is 0 Å². The van der Waals surface area contributed by atoms with Crippen LogP contribution in [-0.4, -0.2) is 34.5 Å². The minimum Gasteiger partial charge on any atom is -0.505 e. The number of hydrogen-bond acceptors (Lipinski definition) is 6. The van der Waals surface area contributed by atoms with Gasteiger partial charge in [0.05, 0.1) is 34.5 Å². The molecule has 250 valence electrons. The lowest BCUT2D eigenvalue weighted by Crippen LogP contribution is -2.53. The van der Waals surface area contributed by atoms with Gasteiger partial charge < -0.3 is 5.11 Å². The highest BCUT2D eigenvalue weighted by molar-refractivity contribution is 6.32. The fourth-order valence-electron chi connectivity index (χ4n) is 8.92. The normalized spacial score (nSPS) is 27.2. The second kappa shape index (κ2) is 11.6. The standard InChI is InChI=1S/C40H30ClFN2O6/c1-21(45)22-10-13-26(14-11-22)43-36(47)29-16-15-28-30(34(29)38(43)49)20-31-37(48)44(27-9-5-8-25(41)19-27)39(50)40(31,24-6-3-2-4-7-24)35(28)23-12-17-33(46)32(42)18-23/h2-15,17-19,29-31,34-35,46H,16,20H2,1H3. The molecule has 8 rings (SSSR count). The Morgan fingerprint density at radius 2 is 1.56 bits per heavy atom. The maximum atomic E-state index is 15.3. The summed E-state index contributed by atoms with van der Waals surface area (Å²) in [5, 5.41) is 10.5. The van der Waals surface area contributed by atoms with Crippen molar-refractivity contribution in [3.05, 3.63) is 136 Å². The first-order valence-corrected chi connectivity index (χ1v) is 16.8. The molecule has 6 unspecified atom stereocenters. The van der Waals surface area contributed by atoms with E-state index in [4.69, 9.17) is 11.6 Å². The highest BCUT2D eigenvalue weighted by atomic mass is 35.5. The Hall–Kier alpha value is -5.41. The number of rotatable bonds is 5. The maximum Gasteiger partial charge on any atom is 0.246 e. The van der Waals surface area contributed by atoms with Gasteiger partial charge in [0.2, 0.25) is 23.6 Å². The van der Waals surface area contributed by atoms with Gasteiger partial charge in [0, 0.05) is 16.5 Å². The van der Waals surface area contributed by atoms with Crippen molar-refractivity contribution in [2.75, 3.05) is 9.80 Å². The number of allylic oxidation sites excluding steroid dienone is 2. The van der Waals surface area contributed by atoms with Crippen molar-refractivity contribution < 1.29 is 33.5 Å². The summed E-state index contributed by atoms with van der Waals surface area (Å²) in [4.78, 5) is 72.5. The predicted octanol–water partition coefficient (Wildman–Crippen LogP) is 6.75. The van der Waals surface area contributed by atoms with E-state index in [1.807, 2.05) is 6.08 Å². The van der Waals surface area contributed by atoms with Crippen molar-refractivity contribution in [1.82, 2.24) is 0 Å². The topological polar surface area (TPSA) is 112 Å². The molecule has 2 aliphatic heterocycles. The van der Waals surface area contributed by atoms with Crippen molar-refractivity contribution in [2.45, 2.75) is 31.1 Å². The number of nitrogens with zero attached hydrogens (tertiary/aromatic N) is 2. The lowest BCUT2D eigenvalue weighted by molar-refractivity contribution is -0.127. The van der Waals surface area contributed by atoms with Crippen LogP contribution < -0.4 is 9.80 Å². The minimum atomic E-state index is -1.56. The lowest BCUT2D eigenvalue weighted by Gasteiger charge is -2.50. The summed E-state index contributed by atoms with van der Waals surface area (Å²) < 4.78 is 15.3. The quantitative estimate of drug-likeness (QED) is 0.141. The number of anilines is 2. The first-order chi connectivity index (χ1) is 24.0. The van der Waals surface area contributed by atoms with Crippen LogP contribution >= 0.6 is 11.6 Å². The molecule has 1 saturated carbocycles. The molecule has 4 aromatic rings. The molecular formula is C40H30ClFN2O6. The number of benzene rings is 4. The molecule has 2 heterocycles. The molecule has 8 nitrogen and oxygen atoms in total. The zero-order valence-electron chi connectivity index (χ0n) is 26.8. The third-order valence-electron chi connectivity index (χ3n) is 11.0. The number of Topliss-reactive ketones (excluding diaryl/α,β-unsaturated/α-hetero) is 1. The number of halogens is 2. The summed E-state index contributed by atoms with van der Waals surface area (Å²) >= 11 is 6.34. The van der Waals surface area contributed by atoms with Gasteiger partial charge in [0.1, 0.15) is 0 Å². The first-order valence-electron chi connectivity index (χ1n) is 16.4. The van der Waals surface area contributed by atoms with Gasteiger partial charge in [-0.05, 0) is 91.4 Å². The molecular weight excluding hydrogens is 659 g/mol. The first kappa shape index (κ1) is 31.8. The highest BCUT2D eigenvalue weighted by Crippen LogP contribution is 2.64. The number of amides is 4. The molecule has 2 aliphatic carbocycles. The van der Waals surface area contributed by atoms with Gasteiger partial charge in [0.15, 0.2) is 17.3 Å². The van der Waals surface area contributed by atoms with Crippen LogP contribution in [0.5, 0.6) is 5.75 Å². The van der Waals surface area contributed by atoms with Gasteiger partial charge in [-0.1, -0.05) is 65.7 Å². The third kappa shape index (κ3) is 4.46. The van der Waals surface area contributed by atoms with E-state index in [1.165, 1.54) is 19.1 Å². The number of imide groups is 2. The summed E-state index contributed by atoms with van der Waals surface area (Å²) in [5.41, 5.74) is 1.08. The highest BCUT2D eigenvalue weighted by Gasteiger charge is 2.70. The number of phenolic OH excluding ortho intramolecular Hbond substituents is 1. The molecule has 2 saturated heterocycles. The van der Waals surface area contributed by atoms with E-state index in [9.17, 15) is 24.3 Å². The lowest BCUT2D eigenvalue weighted by atomic mass is 9.49. The summed E-state index contributed by atoms with van der Waals surface area (Å²) in [7, 11) is 0. The number of aromatic hydroxyl groups is 1. The number of fused-ring (bicyclic) bond motifs is 4. The van der Waals surface area contributed by atoms with Crippen molar-refractivity contribution in [3.8, 4) is 5.75 Å². The summed E-state index contributed by atoms with van der Waals surface area (Å²) in [6.07, 6.45) is 2.15. The zero-order chi connectivity index (χ0) is 35.1. The van der Waals surface area contributed by atoms with E-state index in [0.29, 0.717) is 33.0 Å². The van der Waals surface area contributed by atoms with Gasteiger partial charge in [-0.2, -0.15) is 0 Å². The van der Waals surface area contributed by atoms with Crippen LogP contribution in [0.2, 0.25) is 5.02 Å². The molecule has 3 fully saturated rings. The van der Waals surface area contributed by atoms with Crippen molar-refractivity contribution in [3.63, 3.8) is 0 Å². The number of carbonyl (C=O) groups excluding carboxylic acids is 5. The van der Waals surface area contributed by atoms with Crippen LogP contribution in [0.1, 0.15) is 47.2 Å². The Kier molecular flexibility index (Phi) is 7.38. The van der Waals surface area contributed by atoms with Gasteiger partial charge >= 0.3 is 0 Å². The monoisotopic (exact) mass is 688 g/mol. The van der Waals surface area contributed by atoms with Gasteiger partial charge in [0.25, 0.3) is 0 Å². The molecule has 4 amide bonds. The molecule has 0 radical (unpaired) electrons. The Bertz CT molecular complexity index is 2170. The Morgan fingerprint density at radius 1 is 0.820 bits per heavy atom. The SMILES string of the molecule is CC(=O)c1ccc(N2C(=O)C3CC=C4C(CC5C(=O)N(c6cccc(Cl)c6)C(=O)C5(c5ccccc5)C4c4ccc(O)c(F)c4)C3C2=O)cc1. The molecule has 1 N–H and O–H groups in total. The number of phenols is 1. The number of ketones is 1. The Labute approximate surface area is 291 Å². The van der Waals surface area contributed by atoms with Crippen molar-refractivity contribution >= 4 is 52.4 Å². The number of carbonyl (C=O) groups is 5. The van der Waals surface area contributed by atoms with E-state index in [0.717, 1.165) is 9.80 Å². The Balaban J connectivity index is 1.33. The molecule has 50 heavy (non-hydrogen) atoms. The summed E-state index contributed by atoms with van der Waals surface area (Å²) in [6, 6.07) is 25.6. The average molecular weight is 689 g/mol. The second-order valence-electron chi connectivity index (χ2n) is 13.4. The smallest absolute Gasteiger partial charge is 0.246 e. The summed E-state index contributed by atoms with van der Waals surface area (Å²) in [6.45, 7) is 1.43. The zero-order valence-corrected chi connectivity index (χ0v) is 27.5. The molecule has 4 aliphatic rings. The predicted molar refractivity (Wildman–Crippen MR) is 183 cm³/mol. The maximum absolute atomic E-state index is 15.3. The van der Waals surface area contributed by atoms with Crippen LogP contribution in [0.3, 0.4) is 0 Å². The van der Waals surface area contributed by atoms with Gasteiger partial charge in [-0.3, -0.25) is 28.9 Å². The molecule has 4 aromatic carbocycles. The van der Waals surface area contributed by atoms with Gasteiger partial charge in [-0.25, -0.2) is 9.29 Å². The van der Waals surface area contributed by atoms with Crippen molar-refractivity contribution in [2.24, 2.45) is 23.7 Å². The van der Waals surface area contributed by atoms with E-state index in [-0.39, 0.29) is 30.2 Å². The van der Waals surface area contributed by atoms with E-state index >= 15 is 9.18 Å². The Morgan fingerprint density at radius 3 is 2.24 bits per heavy atom. The van der Waals surface area contributed by atoms with Crippen molar-refractivity contribution in [1.29, 1.82) is 0 Å². The summed E-state index contributed by atoms with van der Waals surface area (Å²) in [5.74, 6) is -7.59. The largest absolute Gasteiger partial charge is 0.505 e. The molecule has 10 heteroatoms. The molecule has 0 bridgehead atoms. The van der Waals surface area contributed by atoms with Crippen LogP contribution in [0.25, 0.3) is 0 Å². The average Bonchev–Trinajstić information content (AvgIpc) is 3.50. The molecule has 6 atom stereocenters. The fraction of sp³-hybridized carbons (Fsp3) is 0.225. The van der Waals surface area contributed by atoms with Crippen LogP contribution in [0, 0.1) is 29.5 Å². The number of hydrogen-bond donors (Lipinski definition) is 1. The van der Waals surface area contributed by atoms with Crippen LogP contribution in [0.4, 0.5) is 15.8 Å². The fourth-order valence-corrected chi connectivity index (χ4v) is 9.11. The molecule has 0 aromatic heterocycles. The third-order valence-corrected chi connectivity index (χ3v) is 11.2.